The number of carboxylic acid groups (broad SMARTS) is 1. The molecule has 0 aromatic carbocycles. The summed E-state index contributed by atoms with van der Waals surface area (Å²) in [5.74, 6) is -1.02. The van der Waals surface area contributed by atoms with Crippen LogP contribution in [0.4, 0.5) is 0 Å². The molecule has 0 radical (unpaired) electrons. The highest BCUT2D eigenvalue weighted by Gasteiger charge is 2.28. The van der Waals surface area contributed by atoms with Crippen LogP contribution in [0.25, 0.3) is 0 Å². The molecule has 1 aliphatic heterocycles. The summed E-state index contributed by atoms with van der Waals surface area (Å²) >= 11 is 3.27. The Hall–Kier alpha value is -0.880. The van der Waals surface area contributed by atoms with Crippen LogP contribution in [-0.2, 0) is 11.3 Å². The maximum Gasteiger partial charge on any atom is 0.357 e. The second kappa shape index (κ2) is 3.94. The van der Waals surface area contributed by atoms with Gasteiger partial charge in [-0.3, -0.25) is 4.68 Å². The van der Waals surface area contributed by atoms with Crippen molar-refractivity contribution in [2.45, 2.75) is 26.0 Å². The van der Waals surface area contributed by atoms with Crippen molar-refractivity contribution in [3.8, 4) is 0 Å². The first-order valence-corrected chi connectivity index (χ1v) is 5.55. The van der Waals surface area contributed by atoms with Crippen molar-refractivity contribution in [1.29, 1.82) is 0 Å². The van der Waals surface area contributed by atoms with Gasteiger partial charge in [-0.05, 0) is 22.4 Å². The van der Waals surface area contributed by atoms with Crippen LogP contribution in [0.15, 0.2) is 4.47 Å². The van der Waals surface area contributed by atoms with Gasteiger partial charge in [0.2, 0.25) is 0 Å². The fraction of sp³-hybridized carbons (Fsp3) is 0.556. The van der Waals surface area contributed by atoms with E-state index in [-0.39, 0.29) is 11.8 Å². The number of rotatable bonds is 2. The Balaban J connectivity index is 2.51. The van der Waals surface area contributed by atoms with Crippen molar-refractivity contribution in [2.24, 2.45) is 0 Å². The Morgan fingerprint density at radius 2 is 2.53 bits per heavy atom. The normalized spacial score (nSPS) is 20.0. The van der Waals surface area contributed by atoms with E-state index in [0.717, 1.165) is 12.1 Å². The van der Waals surface area contributed by atoms with Crippen LogP contribution < -0.4 is 0 Å². The van der Waals surface area contributed by atoms with Crippen LogP contribution in [0.5, 0.6) is 0 Å². The molecule has 1 aromatic heterocycles. The first kappa shape index (κ1) is 10.6. The number of hydrogen-bond donors (Lipinski definition) is 1. The zero-order chi connectivity index (χ0) is 11.0. The lowest BCUT2D eigenvalue weighted by atomic mass is 10.1. The number of hydrogen-bond acceptors (Lipinski definition) is 3. The molecule has 1 atom stereocenters. The topological polar surface area (TPSA) is 64.4 Å². The van der Waals surface area contributed by atoms with Gasteiger partial charge in [-0.2, -0.15) is 5.10 Å². The van der Waals surface area contributed by atoms with Gasteiger partial charge in [-0.1, -0.05) is 6.92 Å². The molecule has 0 spiro atoms. The standard InChI is InChI=1S/C9H11BrN2O3/c1-2-5-8-6(10)7(9(13)14)11-12(8)3-4-15-5/h5H,2-4H2,1H3,(H,13,14). The van der Waals surface area contributed by atoms with Crippen LogP contribution in [0, 0.1) is 0 Å². The molecule has 0 fully saturated rings. The van der Waals surface area contributed by atoms with Crippen molar-refractivity contribution < 1.29 is 14.6 Å². The fourth-order valence-electron chi connectivity index (χ4n) is 1.74. The minimum atomic E-state index is -1.02. The first-order valence-electron chi connectivity index (χ1n) is 4.76. The monoisotopic (exact) mass is 274 g/mol. The molecule has 5 nitrogen and oxygen atoms in total. The SMILES string of the molecule is CCC1OCCn2nc(C(=O)O)c(Br)c21. The third-order valence-corrected chi connectivity index (χ3v) is 3.21. The predicted octanol–water partition coefficient (Wildman–Crippen LogP) is 1.83. The van der Waals surface area contributed by atoms with Crippen molar-refractivity contribution in [3.63, 3.8) is 0 Å². The van der Waals surface area contributed by atoms with Gasteiger partial charge in [0, 0.05) is 0 Å². The predicted molar refractivity (Wildman–Crippen MR) is 55.9 cm³/mol. The maximum atomic E-state index is 10.9. The van der Waals surface area contributed by atoms with Crippen molar-refractivity contribution in [1.82, 2.24) is 9.78 Å². The Labute approximate surface area is 95.2 Å². The van der Waals surface area contributed by atoms with Gasteiger partial charge in [0.15, 0.2) is 5.69 Å². The van der Waals surface area contributed by atoms with Crippen LogP contribution in [0.2, 0.25) is 0 Å². The molecule has 82 valence electrons. The van der Waals surface area contributed by atoms with Crippen LogP contribution >= 0.6 is 15.9 Å². The summed E-state index contributed by atoms with van der Waals surface area (Å²) in [7, 11) is 0. The first-order chi connectivity index (χ1) is 7.15. The van der Waals surface area contributed by atoms with E-state index >= 15 is 0 Å². The molecule has 1 aromatic rings. The molecule has 1 N–H and O–H groups in total. The molecule has 0 aliphatic carbocycles. The maximum absolute atomic E-state index is 10.9. The van der Waals surface area contributed by atoms with Gasteiger partial charge in [0.1, 0.15) is 6.10 Å². The van der Waals surface area contributed by atoms with Gasteiger partial charge < -0.3 is 9.84 Å². The molecule has 1 aliphatic rings. The Morgan fingerprint density at radius 1 is 1.80 bits per heavy atom. The third kappa shape index (κ3) is 1.68. The highest BCUT2D eigenvalue weighted by molar-refractivity contribution is 9.10. The summed E-state index contributed by atoms with van der Waals surface area (Å²) in [5.41, 5.74) is 0.898. The summed E-state index contributed by atoms with van der Waals surface area (Å²) in [6.07, 6.45) is 0.748. The number of ether oxygens (including phenoxy) is 1. The molecule has 0 saturated carbocycles. The minimum absolute atomic E-state index is 0.0614. The summed E-state index contributed by atoms with van der Waals surface area (Å²) in [4.78, 5) is 10.9. The summed E-state index contributed by atoms with van der Waals surface area (Å²) < 4.78 is 7.80. The molecular formula is C9H11BrN2O3. The van der Waals surface area contributed by atoms with E-state index < -0.39 is 5.97 Å². The molecule has 0 amide bonds. The summed E-state index contributed by atoms with van der Waals surface area (Å²) in [6, 6.07) is 0. The number of carboxylic acids is 1. The highest BCUT2D eigenvalue weighted by atomic mass is 79.9. The average molecular weight is 275 g/mol. The summed E-state index contributed by atoms with van der Waals surface area (Å²) in [6.45, 7) is 3.19. The largest absolute Gasteiger partial charge is 0.476 e. The number of nitrogens with zero attached hydrogens (tertiary/aromatic N) is 2. The smallest absolute Gasteiger partial charge is 0.357 e. The van der Waals surface area contributed by atoms with E-state index in [1.165, 1.54) is 0 Å². The van der Waals surface area contributed by atoms with E-state index in [1.54, 1.807) is 4.68 Å². The van der Waals surface area contributed by atoms with Crippen LogP contribution in [-0.4, -0.2) is 27.5 Å². The van der Waals surface area contributed by atoms with Crippen molar-refractivity contribution in [3.05, 3.63) is 15.9 Å². The minimum Gasteiger partial charge on any atom is -0.476 e. The van der Waals surface area contributed by atoms with Crippen molar-refractivity contribution >= 4 is 21.9 Å². The van der Waals surface area contributed by atoms with Crippen LogP contribution in [0.3, 0.4) is 0 Å². The van der Waals surface area contributed by atoms with Crippen LogP contribution in [0.1, 0.15) is 35.6 Å². The van der Waals surface area contributed by atoms with E-state index in [9.17, 15) is 4.79 Å². The molecular weight excluding hydrogens is 264 g/mol. The molecule has 6 heteroatoms. The molecule has 0 bridgehead atoms. The molecule has 0 saturated heterocycles. The van der Waals surface area contributed by atoms with Gasteiger partial charge in [0.05, 0.1) is 23.3 Å². The van der Waals surface area contributed by atoms with Gasteiger partial charge in [0.25, 0.3) is 0 Å². The zero-order valence-corrected chi connectivity index (χ0v) is 9.82. The van der Waals surface area contributed by atoms with Crippen molar-refractivity contribution in [2.75, 3.05) is 6.61 Å². The molecule has 2 heterocycles. The fourth-order valence-corrected chi connectivity index (χ4v) is 2.45. The van der Waals surface area contributed by atoms with Gasteiger partial charge in [-0.15, -0.1) is 0 Å². The average Bonchev–Trinajstić information content (AvgIpc) is 2.56. The highest BCUT2D eigenvalue weighted by Crippen LogP contribution is 2.33. The number of halogens is 1. The summed E-state index contributed by atoms with van der Waals surface area (Å²) in [5, 5.41) is 13.0. The lowest BCUT2D eigenvalue weighted by Crippen LogP contribution is -2.21. The van der Waals surface area contributed by atoms with E-state index in [2.05, 4.69) is 21.0 Å². The zero-order valence-electron chi connectivity index (χ0n) is 8.23. The van der Waals surface area contributed by atoms with Gasteiger partial charge >= 0.3 is 5.97 Å². The van der Waals surface area contributed by atoms with Gasteiger partial charge in [-0.25, -0.2) is 4.79 Å². The third-order valence-electron chi connectivity index (χ3n) is 2.43. The Kier molecular flexibility index (Phi) is 2.79. The van der Waals surface area contributed by atoms with E-state index in [4.69, 9.17) is 9.84 Å². The lowest BCUT2D eigenvalue weighted by Gasteiger charge is -2.23. The molecule has 2 rings (SSSR count). The number of fused-ring (bicyclic) bond motifs is 1. The Morgan fingerprint density at radius 3 is 3.13 bits per heavy atom. The quantitative estimate of drug-likeness (QED) is 0.894. The Bertz CT molecular complexity index is 402. The number of aromatic carboxylic acids is 1. The van der Waals surface area contributed by atoms with E-state index in [0.29, 0.717) is 17.6 Å². The number of aromatic nitrogens is 2. The second-order valence-corrected chi connectivity index (χ2v) is 4.14. The molecule has 15 heavy (non-hydrogen) atoms. The number of carbonyl (C=O) groups is 1. The lowest BCUT2D eigenvalue weighted by molar-refractivity contribution is 0.0139. The molecule has 1 unspecified atom stereocenters. The second-order valence-electron chi connectivity index (χ2n) is 3.34. The van der Waals surface area contributed by atoms with E-state index in [1.807, 2.05) is 6.92 Å².